The summed E-state index contributed by atoms with van der Waals surface area (Å²) in [5.41, 5.74) is 0.359. The highest BCUT2D eigenvalue weighted by Crippen LogP contribution is 2.12. The molecule has 0 amide bonds. The molecule has 1 aliphatic rings. The van der Waals surface area contributed by atoms with E-state index in [9.17, 15) is 0 Å². The molecule has 1 N–H and O–H groups in total. The average molecular weight is 188 g/mol. The Kier molecular flexibility index (Phi) is 10.1. The number of hydrogen-bond acceptors (Lipinski definition) is 2. The Labute approximate surface area is 84.7 Å². The van der Waals surface area contributed by atoms with Crippen LogP contribution in [0, 0.1) is 0 Å². The van der Waals surface area contributed by atoms with Crippen LogP contribution in [-0.2, 0) is 0 Å². The molecule has 0 aromatic rings. The van der Waals surface area contributed by atoms with Crippen LogP contribution in [0.2, 0.25) is 0 Å². The SMILES string of the molecule is CC.CC.CN1CCNCC1(C)C. The van der Waals surface area contributed by atoms with Gasteiger partial charge in [0.2, 0.25) is 0 Å². The largest absolute Gasteiger partial charge is 0.314 e. The van der Waals surface area contributed by atoms with Crippen molar-refractivity contribution < 1.29 is 0 Å². The van der Waals surface area contributed by atoms with Crippen molar-refractivity contribution in [3.05, 3.63) is 0 Å². The van der Waals surface area contributed by atoms with Gasteiger partial charge in [-0.3, -0.25) is 4.90 Å². The highest BCUT2D eigenvalue weighted by molar-refractivity contribution is 4.85. The zero-order valence-electron chi connectivity index (χ0n) is 10.6. The van der Waals surface area contributed by atoms with E-state index in [1.165, 1.54) is 6.54 Å². The van der Waals surface area contributed by atoms with Gasteiger partial charge in [0.15, 0.2) is 0 Å². The molecule has 0 aromatic carbocycles. The molecule has 0 unspecified atom stereocenters. The molecule has 1 aliphatic heterocycles. The van der Waals surface area contributed by atoms with Gasteiger partial charge in [0, 0.05) is 25.2 Å². The Hall–Kier alpha value is -0.0800. The molecule has 0 spiro atoms. The maximum atomic E-state index is 3.36. The fraction of sp³-hybridized carbons (Fsp3) is 1.00. The second-order valence-electron chi connectivity index (χ2n) is 3.41. The predicted molar refractivity (Wildman–Crippen MR) is 62.3 cm³/mol. The van der Waals surface area contributed by atoms with Gasteiger partial charge >= 0.3 is 0 Å². The first kappa shape index (κ1) is 15.4. The minimum absolute atomic E-state index is 0.359. The van der Waals surface area contributed by atoms with Crippen LogP contribution >= 0.6 is 0 Å². The highest BCUT2D eigenvalue weighted by atomic mass is 15.2. The number of piperazine rings is 1. The molecule has 1 saturated heterocycles. The van der Waals surface area contributed by atoms with Gasteiger partial charge in [-0.1, -0.05) is 27.7 Å². The van der Waals surface area contributed by atoms with E-state index in [4.69, 9.17) is 0 Å². The van der Waals surface area contributed by atoms with Crippen LogP contribution in [0.25, 0.3) is 0 Å². The Balaban J connectivity index is 0. The topological polar surface area (TPSA) is 15.3 Å². The summed E-state index contributed by atoms with van der Waals surface area (Å²) in [7, 11) is 2.18. The number of nitrogens with one attached hydrogen (secondary N) is 1. The van der Waals surface area contributed by atoms with E-state index in [1.807, 2.05) is 27.7 Å². The number of hydrogen-bond donors (Lipinski definition) is 1. The Morgan fingerprint density at radius 1 is 1.08 bits per heavy atom. The lowest BCUT2D eigenvalue weighted by atomic mass is 10.0. The van der Waals surface area contributed by atoms with Crippen LogP contribution in [0.15, 0.2) is 0 Å². The Bertz CT molecular complexity index is 100. The van der Waals surface area contributed by atoms with Crippen molar-refractivity contribution in [2.45, 2.75) is 47.1 Å². The van der Waals surface area contributed by atoms with Crippen LogP contribution < -0.4 is 5.32 Å². The van der Waals surface area contributed by atoms with Gasteiger partial charge in [-0.2, -0.15) is 0 Å². The van der Waals surface area contributed by atoms with E-state index < -0.39 is 0 Å². The Morgan fingerprint density at radius 3 is 1.77 bits per heavy atom. The van der Waals surface area contributed by atoms with E-state index in [-0.39, 0.29) is 0 Å². The summed E-state index contributed by atoms with van der Waals surface area (Å²) in [6.45, 7) is 16.0. The molecule has 1 fully saturated rings. The fourth-order valence-electron chi connectivity index (χ4n) is 1.08. The second kappa shape index (κ2) is 8.52. The van der Waals surface area contributed by atoms with Gasteiger partial charge in [0.25, 0.3) is 0 Å². The smallest absolute Gasteiger partial charge is 0.0275 e. The normalized spacial score (nSPS) is 20.5. The summed E-state index contributed by atoms with van der Waals surface area (Å²) in [6.07, 6.45) is 0. The lowest BCUT2D eigenvalue weighted by molar-refractivity contribution is 0.123. The van der Waals surface area contributed by atoms with Crippen molar-refractivity contribution in [1.29, 1.82) is 0 Å². The standard InChI is InChI=1S/C7H16N2.2C2H6/c1-7(2)6-8-4-5-9(7)3;2*1-2/h8H,4-6H2,1-3H3;2*1-2H3. The van der Waals surface area contributed by atoms with Crippen molar-refractivity contribution in [3.8, 4) is 0 Å². The van der Waals surface area contributed by atoms with Crippen LogP contribution in [0.1, 0.15) is 41.5 Å². The quantitative estimate of drug-likeness (QED) is 0.628. The molecule has 0 radical (unpaired) electrons. The molecule has 1 heterocycles. The molecule has 13 heavy (non-hydrogen) atoms. The van der Waals surface area contributed by atoms with Gasteiger partial charge in [-0.15, -0.1) is 0 Å². The van der Waals surface area contributed by atoms with E-state index in [2.05, 4.69) is 31.1 Å². The lowest BCUT2D eigenvalue weighted by Gasteiger charge is -2.40. The maximum absolute atomic E-state index is 3.36. The van der Waals surface area contributed by atoms with Crippen molar-refractivity contribution >= 4 is 0 Å². The summed E-state index contributed by atoms with van der Waals surface area (Å²) >= 11 is 0. The predicted octanol–water partition coefficient (Wildman–Crippen LogP) is 2.35. The van der Waals surface area contributed by atoms with Crippen LogP contribution in [0.3, 0.4) is 0 Å². The summed E-state index contributed by atoms with van der Waals surface area (Å²) in [4.78, 5) is 2.39. The van der Waals surface area contributed by atoms with E-state index in [0.29, 0.717) is 5.54 Å². The van der Waals surface area contributed by atoms with Crippen molar-refractivity contribution in [3.63, 3.8) is 0 Å². The van der Waals surface area contributed by atoms with E-state index >= 15 is 0 Å². The number of nitrogens with zero attached hydrogens (tertiary/aromatic N) is 1. The molecule has 2 nitrogen and oxygen atoms in total. The van der Waals surface area contributed by atoms with Gasteiger partial charge in [-0.25, -0.2) is 0 Å². The Morgan fingerprint density at radius 2 is 1.54 bits per heavy atom. The van der Waals surface area contributed by atoms with Crippen molar-refractivity contribution in [2.75, 3.05) is 26.7 Å². The first-order chi connectivity index (χ1) is 6.13. The monoisotopic (exact) mass is 188 g/mol. The summed E-state index contributed by atoms with van der Waals surface area (Å²) < 4.78 is 0. The second-order valence-corrected chi connectivity index (χ2v) is 3.41. The summed E-state index contributed by atoms with van der Waals surface area (Å²) in [5.74, 6) is 0. The van der Waals surface area contributed by atoms with Gasteiger partial charge in [-0.05, 0) is 20.9 Å². The molecule has 0 aliphatic carbocycles. The minimum atomic E-state index is 0.359. The number of rotatable bonds is 0. The van der Waals surface area contributed by atoms with Crippen LogP contribution in [0.4, 0.5) is 0 Å². The average Bonchev–Trinajstić information content (AvgIpc) is 2.17. The first-order valence-corrected chi connectivity index (χ1v) is 5.55. The molecular weight excluding hydrogens is 160 g/mol. The summed E-state index contributed by atoms with van der Waals surface area (Å²) in [6, 6.07) is 0. The number of likely N-dealkylation sites (N-methyl/N-ethyl adjacent to an activating group) is 1. The van der Waals surface area contributed by atoms with Crippen LogP contribution in [0.5, 0.6) is 0 Å². The van der Waals surface area contributed by atoms with Gasteiger partial charge < -0.3 is 5.32 Å². The third-order valence-corrected chi connectivity index (χ3v) is 2.21. The molecule has 0 atom stereocenters. The first-order valence-electron chi connectivity index (χ1n) is 5.55. The van der Waals surface area contributed by atoms with E-state index in [0.717, 1.165) is 13.1 Å². The summed E-state index contributed by atoms with van der Waals surface area (Å²) in [5, 5.41) is 3.36. The molecule has 0 saturated carbocycles. The highest BCUT2D eigenvalue weighted by Gasteiger charge is 2.25. The zero-order chi connectivity index (χ0) is 10.9. The molecule has 2 heteroatoms. The minimum Gasteiger partial charge on any atom is -0.314 e. The molecule has 1 rings (SSSR count). The van der Waals surface area contributed by atoms with Crippen molar-refractivity contribution in [1.82, 2.24) is 10.2 Å². The van der Waals surface area contributed by atoms with Gasteiger partial charge in [0.05, 0.1) is 0 Å². The molecular formula is C11H28N2. The molecule has 0 bridgehead atoms. The molecule has 0 aromatic heterocycles. The third-order valence-electron chi connectivity index (χ3n) is 2.21. The fourth-order valence-corrected chi connectivity index (χ4v) is 1.08. The van der Waals surface area contributed by atoms with E-state index in [1.54, 1.807) is 0 Å². The van der Waals surface area contributed by atoms with Crippen LogP contribution in [-0.4, -0.2) is 37.1 Å². The zero-order valence-corrected chi connectivity index (χ0v) is 10.6. The maximum Gasteiger partial charge on any atom is 0.0275 e. The van der Waals surface area contributed by atoms with Gasteiger partial charge in [0.1, 0.15) is 0 Å². The third kappa shape index (κ3) is 6.05. The molecule has 82 valence electrons. The lowest BCUT2D eigenvalue weighted by Crippen LogP contribution is -2.55. The van der Waals surface area contributed by atoms with Crippen molar-refractivity contribution in [2.24, 2.45) is 0 Å².